The summed E-state index contributed by atoms with van der Waals surface area (Å²) < 4.78 is 0. The van der Waals surface area contributed by atoms with Gasteiger partial charge in [0.05, 0.1) is 6.07 Å². The third-order valence-corrected chi connectivity index (χ3v) is 4.26. The second-order valence-corrected chi connectivity index (χ2v) is 5.89. The fraction of sp³-hybridized carbons (Fsp3) is 0.900. The molecule has 0 bridgehead atoms. The highest BCUT2D eigenvalue weighted by Gasteiger charge is 2.40. The zero-order valence-electron chi connectivity index (χ0n) is 9.73. The maximum atomic E-state index is 9.30. The number of nitrogens with one attached hydrogen (secondary N) is 1. The van der Waals surface area contributed by atoms with Crippen molar-refractivity contribution < 1.29 is 0 Å². The predicted octanol–water partition coefficient (Wildman–Crippen LogP) is 2.31. The maximum absolute atomic E-state index is 9.30. The van der Waals surface area contributed by atoms with Crippen LogP contribution in [0.4, 0.5) is 0 Å². The highest BCUT2D eigenvalue weighted by atomic mass is 32.2. The minimum absolute atomic E-state index is 0.185. The van der Waals surface area contributed by atoms with Crippen molar-refractivity contribution in [2.45, 2.75) is 25.8 Å². The minimum atomic E-state index is -0.461. The summed E-state index contributed by atoms with van der Waals surface area (Å²) >= 11 is 1.81. The van der Waals surface area contributed by atoms with Crippen LogP contribution in [-0.4, -0.2) is 30.1 Å². The van der Waals surface area contributed by atoms with Crippen LogP contribution in [0.3, 0.4) is 0 Å². The average Bonchev–Trinajstić information content (AvgIpc) is 2.23. The first kappa shape index (κ1) is 13.2. The van der Waals surface area contributed by atoms with E-state index in [-0.39, 0.29) is 5.41 Å². The molecular weight excluding hydrogens is 222 g/mol. The fourth-order valence-corrected chi connectivity index (χ4v) is 3.41. The molecule has 1 atom stereocenters. The number of nitriles is 1. The van der Waals surface area contributed by atoms with E-state index in [1.807, 2.05) is 11.8 Å². The molecule has 1 aliphatic heterocycles. The lowest BCUT2D eigenvalue weighted by molar-refractivity contribution is 0.273. The minimum Gasteiger partial charge on any atom is -0.299 e. The van der Waals surface area contributed by atoms with Crippen LogP contribution in [0.1, 0.15) is 20.3 Å². The van der Waals surface area contributed by atoms with Crippen molar-refractivity contribution in [1.29, 1.82) is 5.26 Å². The van der Waals surface area contributed by atoms with Gasteiger partial charge < -0.3 is 0 Å². The van der Waals surface area contributed by atoms with Crippen molar-refractivity contribution in [3.05, 3.63) is 10.4 Å². The van der Waals surface area contributed by atoms with Gasteiger partial charge in [0.2, 0.25) is 0 Å². The van der Waals surface area contributed by atoms with E-state index >= 15 is 0 Å². The predicted molar refractivity (Wildman–Crippen MR) is 66.1 cm³/mol. The standard InChI is InChI=1S/C10H17N5S/c1-9(2)5-10(6-11,8-16-7-9)13-3-4-14-15-12/h13H,3-5,7-8H2,1-2H3. The molecule has 1 heterocycles. The van der Waals surface area contributed by atoms with E-state index in [0.717, 1.165) is 17.9 Å². The molecule has 1 saturated heterocycles. The lowest BCUT2D eigenvalue weighted by Gasteiger charge is -2.40. The van der Waals surface area contributed by atoms with E-state index in [0.29, 0.717) is 13.1 Å². The highest BCUT2D eigenvalue weighted by molar-refractivity contribution is 7.99. The molecule has 88 valence electrons. The monoisotopic (exact) mass is 239 g/mol. The van der Waals surface area contributed by atoms with Gasteiger partial charge in [-0.25, -0.2) is 0 Å². The second-order valence-electron chi connectivity index (χ2n) is 4.91. The maximum Gasteiger partial charge on any atom is 0.116 e. The Morgan fingerprint density at radius 3 is 2.88 bits per heavy atom. The van der Waals surface area contributed by atoms with Crippen molar-refractivity contribution in [2.24, 2.45) is 10.5 Å². The smallest absolute Gasteiger partial charge is 0.116 e. The number of azide groups is 1. The summed E-state index contributed by atoms with van der Waals surface area (Å²) in [6.45, 7) is 5.32. The summed E-state index contributed by atoms with van der Waals surface area (Å²) in [4.78, 5) is 2.69. The molecule has 0 amide bonds. The van der Waals surface area contributed by atoms with Crippen LogP contribution in [0.5, 0.6) is 0 Å². The third kappa shape index (κ3) is 3.60. The van der Waals surface area contributed by atoms with E-state index in [1.165, 1.54) is 0 Å². The van der Waals surface area contributed by atoms with Crippen molar-refractivity contribution in [3.63, 3.8) is 0 Å². The Hall–Kier alpha value is -0.890. The summed E-state index contributed by atoms with van der Waals surface area (Å²) in [6, 6.07) is 2.38. The van der Waals surface area contributed by atoms with Gasteiger partial charge in [-0.3, -0.25) is 5.32 Å². The Kier molecular flexibility index (Phi) is 4.48. The van der Waals surface area contributed by atoms with Gasteiger partial charge in [-0.1, -0.05) is 19.0 Å². The van der Waals surface area contributed by atoms with Crippen LogP contribution < -0.4 is 5.32 Å². The summed E-state index contributed by atoms with van der Waals surface area (Å²) in [5.41, 5.74) is 7.89. The van der Waals surface area contributed by atoms with Crippen LogP contribution in [0.2, 0.25) is 0 Å². The molecule has 0 aliphatic carbocycles. The SMILES string of the molecule is CC1(C)CSCC(C#N)(NCCN=[N+]=[N-])C1. The van der Waals surface area contributed by atoms with Crippen molar-refractivity contribution in [1.82, 2.24) is 5.32 Å². The van der Waals surface area contributed by atoms with Crippen molar-refractivity contribution in [3.8, 4) is 6.07 Å². The Morgan fingerprint density at radius 1 is 1.56 bits per heavy atom. The lowest BCUT2D eigenvalue weighted by Crippen LogP contribution is -2.53. The van der Waals surface area contributed by atoms with Gasteiger partial charge >= 0.3 is 0 Å². The first-order chi connectivity index (χ1) is 7.54. The van der Waals surface area contributed by atoms with Crippen molar-refractivity contribution >= 4 is 11.8 Å². The number of rotatable bonds is 4. The molecule has 1 N–H and O–H groups in total. The summed E-state index contributed by atoms with van der Waals surface area (Å²) in [7, 11) is 0. The second kappa shape index (κ2) is 5.44. The van der Waals surface area contributed by atoms with Gasteiger partial charge in [0.15, 0.2) is 0 Å². The van der Waals surface area contributed by atoms with Crippen LogP contribution in [0.15, 0.2) is 5.11 Å². The van der Waals surface area contributed by atoms with Gasteiger partial charge in [0, 0.05) is 23.8 Å². The Morgan fingerprint density at radius 2 is 2.31 bits per heavy atom. The molecule has 0 radical (unpaired) electrons. The zero-order valence-corrected chi connectivity index (χ0v) is 10.5. The number of thioether (sulfide) groups is 1. The topological polar surface area (TPSA) is 84.6 Å². The number of hydrogen-bond donors (Lipinski definition) is 1. The van der Waals surface area contributed by atoms with Crippen molar-refractivity contribution in [2.75, 3.05) is 24.6 Å². The average molecular weight is 239 g/mol. The molecule has 1 fully saturated rings. The molecule has 1 unspecified atom stereocenters. The van der Waals surface area contributed by atoms with Gasteiger partial charge in [0.1, 0.15) is 5.54 Å². The van der Waals surface area contributed by atoms with Gasteiger partial charge in [-0.2, -0.15) is 17.0 Å². The molecule has 0 aromatic heterocycles. The lowest BCUT2D eigenvalue weighted by atomic mass is 9.80. The molecule has 0 saturated carbocycles. The van der Waals surface area contributed by atoms with Gasteiger partial charge in [0.25, 0.3) is 0 Å². The summed E-state index contributed by atoms with van der Waals surface area (Å²) in [5.74, 6) is 1.90. The number of nitrogens with zero attached hydrogens (tertiary/aromatic N) is 4. The van der Waals surface area contributed by atoms with Crippen LogP contribution in [0, 0.1) is 16.7 Å². The largest absolute Gasteiger partial charge is 0.299 e. The molecule has 0 aromatic carbocycles. The van der Waals surface area contributed by atoms with Gasteiger partial charge in [-0.05, 0) is 23.1 Å². The molecule has 16 heavy (non-hydrogen) atoms. The van der Waals surface area contributed by atoms with E-state index in [2.05, 4.69) is 35.3 Å². The van der Waals surface area contributed by atoms with Crippen LogP contribution in [-0.2, 0) is 0 Å². The molecule has 1 aliphatic rings. The zero-order chi connectivity index (χ0) is 12.1. The third-order valence-electron chi connectivity index (χ3n) is 2.57. The molecule has 6 heteroatoms. The molecule has 0 spiro atoms. The van der Waals surface area contributed by atoms with E-state index in [4.69, 9.17) is 5.53 Å². The Balaban J connectivity index is 2.56. The molecule has 5 nitrogen and oxygen atoms in total. The Labute approximate surface area is 100 Å². The first-order valence-corrected chi connectivity index (χ1v) is 6.44. The van der Waals surface area contributed by atoms with E-state index in [1.54, 1.807) is 0 Å². The molecule has 1 rings (SSSR count). The Bertz CT molecular complexity index is 329. The highest BCUT2D eigenvalue weighted by Crippen LogP contribution is 2.38. The number of hydrogen-bond acceptors (Lipinski definition) is 4. The molecule has 0 aromatic rings. The summed E-state index contributed by atoms with van der Waals surface area (Å²) in [5, 5.41) is 16.0. The van der Waals surface area contributed by atoms with Gasteiger partial charge in [-0.15, -0.1) is 0 Å². The van der Waals surface area contributed by atoms with E-state index < -0.39 is 5.54 Å². The van der Waals surface area contributed by atoms with E-state index in [9.17, 15) is 5.26 Å². The van der Waals surface area contributed by atoms with Crippen LogP contribution in [0.25, 0.3) is 10.4 Å². The first-order valence-electron chi connectivity index (χ1n) is 5.28. The quantitative estimate of drug-likeness (QED) is 0.353. The normalized spacial score (nSPS) is 27.8. The fourth-order valence-electron chi connectivity index (χ4n) is 2.04. The van der Waals surface area contributed by atoms with Crippen LogP contribution >= 0.6 is 11.8 Å². The molecular formula is C10H17N5S. The summed E-state index contributed by atoms with van der Waals surface area (Å²) in [6.07, 6.45) is 0.847.